The highest BCUT2D eigenvalue weighted by Crippen LogP contribution is 2.28. The third-order valence-electron chi connectivity index (χ3n) is 2.14. The van der Waals surface area contributed by atoms with E-state index in [1.807, 2.05) is 30.3 Å². The molecule has 0 radical (unpaired) electrons. The molecule has 2 nitrogen and oxygen atoms in total. The van der Waals surface area contributed by atoms with Crippen LogP contribution < -0.4 is 5.73 Å². The second-order valence-corrected chi connectivity index (χ2v) is 4.94. The lowest BCUT2D eigenvalue weighted by Gasteiger charge is -2.10. The first-order valence-electron chi connectivity index (χ1n) is 4.42. The first-order chi connectivity index (χ1) is 7.18. The highest BCUT2D eigenvalue weighted by Gasteiger charge is 2.15. The largest absolute Gasteiger partial charge is 0.466 e. The van der Waals surface area contributed by atoms with Crippen molar-refractivity contribution in [1.82, 2.24) is 0 Å². The minimum atomic E-state index is -0.244. The number of hydrogen-bond acceptors (Lipinski definition) is 2. The minimum absolute atomic E-state index is 0.244. The fourth-order valence-electron chi connectivity index (χ4n) is 1.38. The lowest BCUT2D eigenvalue weighted by Crippen LogP contribution is -2.11. The summed E-state index contributed by atoms with van der Waals surface area (Å²) in [6.45, 7) is 0. The molecule has 2 rings (SSSR count). The van der Waals surface area contributed by atoms with Gasteiger partial charge in [0.2, 0.25) is 0 Å². The number of nitrogens with two attached hydrogens (primary N) is 1. The fourth-order valence-corrected chi connectivity index (χ4v) is 2.24. The van der Waals surface area contributed by atoms with Gasteiger partial charge in [-0.05, 0) is 39.7 Å². The van der Waals surface area contributed by atoms with Crippen LogP contribution in [-0.4, -0.2) is 0 Å². The molecule has 0 aliphatic rings. The number of benzene rings is 1. The van der Waals surface area contributed by atoms with Gasteiger partial charge in [0.25, 0.3) is 0 Å². The summed E-state index contributed by atoms with van der Waals surface area (Å²) >= 11 is 6.81. The monoisotopic (exact) mass is 329 g/mol. The van der Waals surface area contributed by atoms with Crippen LogP contribution in [0.2, 0.25) is 0 Å². The summed E-state index contributed by atoms with van der Waals surface area (Å²) in [6.07, 6.45) is 1.62. The first kappa shape index (κ1) is 10.9. The van der Waals surface area contributed by atoms with Crippen molar-refractivity contribution in [2.45, 2.75) is 6.04 Å². The van der Waals surface area contributed by atoms with Crippen LogP contribution in [-0.2, 0) is 0 Å². The zero-order valence-electron chi connectivity index (χ0n) is 7.78. The van der Waals surface area contributed by atoms with E-state index in [1.165, 1.54) is 0 Å². The summed E-state index contributed by atoms with van der Waals surface area (Å²) < 4.78 is 7.24. The van der Waals surface area contributed by atoms with E-state index in [-0.39, 0.29) is 6.04 Å². The highest BCUT2D eigenvalue weighted by atomic mass is 79.9. The summed E-state index contributed by atoms with van der Waals surface area (Å²) in [6, 6.07) is 9.48. The summed E-state index contributed by atoms with van der Waals surface area (Å²) in [5.41, 5.74) is 7.10. The van der Waals surface area contributed by atoms with Gasteiger partial charge in [0.05, 0.1) is 16.8 Å². The SMILES string of the molecule is NC(c1cccc(Br)c1)c1occc1Br. The molecule has 0 aliphatic heterocycles. The van der Waals surface area contributed by atoms with E-state index in [2.05, 4.69) is 31.9 Å². The Bertz CT molecular complexity index is 467. The molecule has 0 fully saturated rings. The van der Waals surface area contributed by atoms with Crippen molar-refractivity contribution >= 4 is 31.9 Å². The number of furan rings is 1. The van der Waals surface area contributed by atoms with Crippen molar-refractivity contribution in [3.63, 3.8) is 0 Å². The highest BCUT2D eigenvalue weighted by molar-refractivity contribution is 9.10. The third kappa shape index (κ3) is 2.33. The van der Waals surface area contributed by atoms with Crippen molar-refractivity contribution in [2.75, 3.05) is 0 Å². The fraction of sp³-hybridized carbons (Fsp3) is 0.0909. The molecule has 0 saturated heterocycles. The van der Waals surface area contributed by atoms with Crippen LogP contribution in [0.1, 0.15) is 17.4 Å². The molecule has 0 aliphatic carbocycles. The Hall–Kier alpha value is -0.580. The van der Waals surface area contributed by atoms with Gasteiger partial charge in [-0.15, -0.1) is 0 Å². The maximum atomic E-state index is 6.09. The van der Waals surface area contributed by atoms with Gasteiger partial charge in [-0.2, -0.15) is 0 Å². The molecule has 2 aromatic rings. The maximum absolute atomic E-state index is 6.09. The quantitative estimate of drug-likeness (QED) is 0.908. The Balaban J connectivity index is 2.36. The number of rotatable bonds is 2. The Morgan fingerprint density at radius 1 is 1.20 bits per heavy atom. The predicted octanol–water partition coefficient (Wildman–Crippen LogP) is 3.85. The average molecular weight is 331 g/mol. The Labute approximate surface area is 105 Å². The standard InChI is InChI=1S/C11H9Br2NO/c12-8-3-1-2-7(6-8)10(14)11-9(13)4-5-15-11/h1-6,10H,14H2. The van der Waals surface area contributed by atoms with Gasteiger partial charge >= 0.3 is 0 Å². The zero-order chi connectivity index (χ0) is 10.8. The van der Waals surface area contributed by atoms with Crippen LogP contribution in [0, 0.1) is 0 Å². The van der Waals surface area contributed by atoms with E-state index >= 15 is 0 Å². The molecular weight excluding hydrogens is 322 g/mol. The molecular formula is C11H9Br2NO. The summed E-state index contributed by atoms with van der Waals surface area (Å²) in [4.78, 5) is 0. The van der Waals surface area contributed by atoms with Crippen molar-refractivity contribution < 1.29 is 4.42 Å². The number of hydrogen-bond donors (Lipinski definition) is 1. The van der Waals surface area contributed by atoms with Crippen LogP contribution >= 0.6 is 31.9 Å². The van der Waals surface area contributed by atoms with E-state index in [4.69, 9.17) is 10.2 Å². The average Bonchev–Trinajstić information content (AvgIpc) is 2.63. The molecule has 1 aromatic heterocycles. The minimum Gasteiger partial charge on any atom is -0.466 e. The molecule has 78 valence electrons. The summed E-state index contributed by atoms with van der Waals surface area (Å²) in [7, 11) is 0. The van der Waals surface area contributed by atoms with Crippen LogP contribution in [0.15, 0.2) is 50.0 Å². The molecule has 0 spiro atoms. The van der Waals surface area contributed by atoms with Gasteiger partial charge in [0.1, 0.15) is 5.76 Å². The molecule has 15 heavy (non-hydrogen) atoms. The number of halogens is 2. The van der Waals surface area contributed by atoms with Crippen LogP contribution in [0.4, 0.5) is 0 Å². The second kappa shape index (κ2) is 4.51. The van der Waals surface area contributed by atoms with Crippen molar-refractivity contribution in [3.05, 3.63) is 56.9 Å². The van der Waals surface area contributed by atoms with E-state index in [0.717, 1.165) is 20.3 Å². The van der Waals surface area contributed by atoms with E-state index in [0.29, 0.717) is 0 Å². The molecule has 1 aromatic carbocycles. The van der Waals surface area contributed by atoms with Crippen molar-refractivity contribution in [3.8, 4) is 0 Å². The van der Waals surface area contributed by atoms with Gasteiger partial charge in [-0.3, -0.25) is 0 Å². The lowest BCUT2D eigenvalue weighted by atomic mass is 10.1. The third-order valence-corrected chi connectivity index (χ3v) is 3.28. The van der Waals surface area contributed by atoms with Crippen molar-refractivity contribution in [2.24, 2.45) is 5.73 Å². The normalized spacial score (nSPS) is 12.7. The Morgan fingerprint density at radius 2 is 2.00 bits per heavy atom. The lowest BCUT2D eigenvalue weighted by molar-refractivity contribution is 0.487. The Morgan fingerprint density at radius 3 is 2.60 bits per heavy atom. The van der Waals surface area contributed by atoms with Gasteiger partial charge in [0, 0.05) is 4.47 Å². The first-order valence-corrected chi connectivity index (χ1v) is 6.01. The van der Waals surface area contributed by atoms with E-state index in [1.54, 1.807) is 6.26 Å². The van der Waals surface area contributed by atoms with Gasteiger partial charge < -0.3 is 10.2 Å². The molecule has 0 saturated carbocycles. The smallest absolute Gasteiger partial charge is 0.139 e. The Kier molecular flexibility index (Phi) is 3.29. The topological polar surface area (TPSA) is 39.2 Å². The van der Waals surface area contributed by atoms with Crippen LogP contribution in [0.3, 0.4) is 0 Å². The summed E-state index contributed by atoms with van der Waals surface area (Å²) in [5.74, 6) is 0.744. The molecule has 0 bridgehead atoms. The molecule has 4 heteroatoms. The molecule has 1 unspecified atom stereocenters. The van der Waals surface area contributed by atoms with Crippen LogP contribution in [0.25, 0.3) is 0 Å². The zero-order valence-corrected chi connectivity index (χ0v) is 11.0. The second-order valence-electron chi connectivity index (χ2n) is 3.17. The maximum Gasteiger partial charge on any atom is 0.139 e. The van der Waals surface area contributed by atoms with Crippen LogP contribution in [0.5, 0.6) is 0 Å². The molecule has 1 atom stereocenters. The summed E-state index contributed by atoms with van der Waals surface area (Å²) in [5, 5.41) is 0. The van der Waals surface area contributed by atoms with Crippen molar-refractivity contribution in [1.29, 1.82) is 0 Å². The van der Waals surface area contributed by atoms with Gasteiger partial charge in [-0.1, -0.05) is 28.1 Å². The molecule has 1 heterocycles. The van der Waals surface area contributed by atoms with E-state index < -0.39 is 0 Å². The predicted molar refractivity (Wildman–Crippen MR) is 66.6 cm³/mol. The van der Waals surface area contributed by atoms with Gasteiger partial charge in [0.15, 0.2) is 0 Å². The molecule has 2 N–H and O–H groups in total. The molecule has 0 amide bonds. The van der Waals surface area contributed by atoms with E-state index in [9.17, 15) is 0 Å². The van der Waals surface area contributed by atoms with Gasteiger partial charge in [-0.25, -0.2) is 0 Å².